The van der Waals surface area contributed by atoms with Gasteiger partial charge in [0.25, 0.3) is 0 Å². The normalized spacial score (nSPS) is 19.7. The predicted molar refractivity (Wildman–Crippen MR) is 175 cm³/mol. The molecule has 1 aliphatic carbocycles. The Morgan fingerprint density at radius 1 is 0.905 bits per heavy atom. The van der Waals surface area contributed by atoms with Crippen LogP contribution in [0.4, 0.5) is 0 Å². The average molecular weight is 569 g/mol. The monoisotopic (exact) mass is 568 g/mol. The van der Waals surface area contributed by atoms with E-state index < -0.39 is 0 Å². The first-order valence-electron chi connectivity index (χ1n) is 15.9. The lowest BCUT2D eigenvalue weighted by atomic mass is 9.77. The molecule has 2 nitrogen and oxygen atoms in total. The van der Waals surface area contributed by atoms with Crippen molar-refractivity contribution >= 4 is 27.6 Å². The van der Waals surface area contributed by atoms with Crippen molar-refractivity contribution in [3.05, 3.63) is 111 Å². The van der Waals surface area contributed by atoms with Gasteiger partial charge in [0.15, 0.2) is 24.6 Å². The maximum Gasteiger partial charge on any atom is 0.219 e. The number of hydrogen-bond acceptors (Lipinski definition) is 1. The molecule has 0 fully saturated rings. The summed E-state index contributed by atoms with van der Waals surface area (Å²) < 4.78 is 6.58. The van der Waals surface area contributed by atoms with Gasteiger partial charge in [0.1, 0.15) is 0 Å². The zero-order valence-corrected chi connectivity index (χ0v) is 26.1. The van der Waals surface area contributed by atoms with Crippen molar-refractivity contribution < 1.29 is 9.13 Å². The van der Waals surface area contributed by atoms with E-state index in [2.05, 4.69) is 127 Å². The average Bonchev–Trinajstić information content (AvgIpc) is 3.37. The molecule has 3 heteroatoms. The lowest BCUT2D eigenvalue weighted by Gasteiger charge is -2.31. The molecule has 2 aromatic carbocycles. The van der Waals surface area contributed by atoms with Gasteiger partial charge in [-0.25, -0.2) is 0 Å². The van der Waals surface area contributed by atoms with Crippen LogP contribution in [0, 0.1) is 13.8 Å². The highest BCUT2D eigenvalue weighted by molar-refractivity contribution is 7.19. The van der Waals surface area contributed by atoms with Crippen molar-refractivity contribution in [2.24, 2.45) is 0 Å². The summed E-state index contributed by atoms with van der Waals surface area (Å²) >= 11 is 2.08. The van der Waals surface area contributed by atoms with Crippen LogP contribution in [0.2, 0.25) is 0 Å². The number of aromatic nitrogens is 2. The molecule has 2 aliphatic heterocycles. The molecule has 8 rings (SSSR count). The summed E-state index contributed by atoms with van der Waals surface area (Å²) in [5.74, 6) is 0.899. The quantitative estimate of drug-likeness (QED) is 0.178. The maximum atomic E-state index is 2.62. The molecule has 0 saturated heterocycles. The fourth-order valence-electron chi connectivity index (χ4n) is 8.09. The Labute approximate surface area is 254 Å². The highest BCUT2D eigenvalue weighted by atomic mass is 32.1. The van der Waals surface area contributed by atoms with Gasteiger partial charge >= 0.3 is 0 Å². The predicted octanol–water partition coefficient (Wildman–Crippen LogP) is 9.18. The van der Waals surface area contributed by atoms with E-state index >= 15 is 0 Å². The summed E-state index contributed by atoms with van der Waals surface area (Å²) in [6.07, 6.45) is 16.8. The van der Waals surface area contributed by atoms with E-state index in [1.807, 2.05) is 0 Å². The van der Waals surface area contributed by atoms with Crippen LogP contribution in [0.1, 0.15) is 89.2 Å². The van der Waals surface area contributed by atoms with Gasteiger partial charge in [0, 0.05) is 44.8 Å². The Morgan fingerprint density at radius 3 is 2.64 bits per heavy atom. The largest absolute Gasteiger partial charge is 0.219 e. The van der Waals surface area contributed by atoms with Gasteiger partial charge in [0.2, 0.25) is 11.4 Å². The Hall–Kier alpha value is -3.56. The molecule has 2 atom stereocenters. The number of allylic oxidation sites excluding steroid dienone is 1. The first-order valence-corrected chi connectivity index (χ1v) is 16.7. The standard InChI is InChI=1S/C39H40N2S/c1-24(2)33-23-40-19-9-13-30-28-10-5-6-11-29(28)34-18-15-25(3)22-41(34)35(30)21-27-16-17-32-31-12-7-8-14-37(31)42-39(32)38(27)36(40)20-26(33)4/h5-6,9-11,15-20,22-24,30,35H,7-8,12-14,21H2,1-4H3/q+2/b19-9+. The number of nitrogens with zero attached hydrogens (tertiary/aromatic N) is 2. The molecule has 3 aromatic heterocycles. The van der Waals surface area contributed by atoms with Gasteiger partial charge in [-0.1, -0.05) is 44.2 Å². The molecule has 0 radical (unpaired) electrons. The third-order valence-corrected chi connectivity index (χ3v) is 11.4. The van der Waals surface area contributed by atoms with E-state index in [1.165, 1.54) is 86.1 Å². The van der Waals surface area contributed by atoms with Gasteiger partial charge in [-0.3, -0.25) is 0 Å². The lowest BCUT2D eigenvalue weighted by Crippen LogP contribution is -2.49. The Morgan fingerprint density at radius 2 is 1.76 bits per heavy atom. The Bertz CT molecular complexity index is 1910. The van der Waals surface area contributed by atoms with E-state index in [9.17, 15) is 0 Å². The van der Waals surface area contributed by atoms with E-state index in [4.69, 9.17) is 0 Å². The molecule has 0 saturated carbocycles. The number of benzene rings is 2. The van der Waals surface area contributed by atoms with Crippen molar-refractivity contribution in [3.8, 4) is 22.5 Å². The second-order valence-electron chi connectivity index (χ2n) is 13.1. The van der Waals surface area contributed by atoms with Crippen LogP contribution in [-0.2, 0) is 19.3 Å². The second kappa shape index (κ2) is 10.0. The van der Waals surface area contributed by atoms with Gasteiger partial charge < -0.3 is 0 Å². The highest BCUT2D eigenvalue weighted by Crippen LogP contribution is 2.46. The maximum absolute atomic E-state index is 2.62. The van der Waals surface area contributed by atoms with Crippen LogP contribution >= 0.6 is 11.3 Å². The van der Waals surface area contributed by atoms with Crippen molar-refractivity contribution in [2.75, 3.05) is 0 Å². The zero-order valence-electron chi connectivity index (χ0n) is 25.3. The minimum atomic E-state index is 0.354. The molecular formula is C39H40N2S+2. The third kappa shape index (κ3) is 4.04. The number of pyridine rings is 2. The number of aryl methyl sites for hydroxylation is 4. The summed E-state index contributed by atoms with van der Waals surface area (Å²) in [6.45, 7) is 9.18. The third-order valence-electron chi connectivity index (χ3n) is 10.1. The molecule has 0 bridgehead atoms. The van der Waals surface area contributed by atoms with Crippen molar-refractivity contribution in [2.45, 2.75) is 84.1 Å². The molecule has 0 spiro atoms. The van der Waals surface area contributed by atoms with Crippen LogP contribution in [0.15, 0.2) is 73.1 Å². The molecule has 2 unspecified atom stereocenters. The smallest absolute Gasteiger partial charge is 0.194 e. The van der Waals surface area contributed by atoms with E-state index in [1.54, 1.807) is 10.4 Å². The molecule has 5 heterocycles. The van der Waals surface area contributed by atoms with E-state index in [0.29, 0.717) is 17.9 Å². The molecular weight excluding hydrogens is 529 g/mol. The second-order valence-corrected chi connectivity index (χ2v) is 14.2. The van der Waals surface area contributed by atoms with Gasteiger partial charge in [-0.2, -0.15) is 9.13 Å². The Kier molecular flexibility index (Phi) is 6.23. The van der Waals surface area contributed by atoms with Crippen molar-refractivity contribution in [1.29, 1.82) is 0 Å². The zero-order chi connectivity index (χ0) is 28.5. The number of rotatable bonds is 1. The van der Waals surface area contributed by atoms with Crippen LogP contribution < -0.4 is 9.13 Å². The minimum Gasteiger partial charge on any atom is -0.194 e. The SMILES string of the molecule is Cc1ccc2[n+](c1)C1Cc3ccc4c5c(sc4c3-c3cc(C)c(C(C)C)c[n+]3/C=C/CC1c1ccccc1-2)CCCC5. The first kappa shape index (κ1) is 26.1. The molecule has 0 amide bonds. The molecule has 210 valence electrons. The number of hydrogen-bond donors (Lipinski definition) is 0. The van der Waals surface area contributed by atoms with Crippen LogP contribution in [0.5, 0.6) is 0 Å². The minimum absolute atomic E-state index is 0.354. The first-order chi connectivity index (χ1) is 20.5. The van der Waals surface area contributed by atoms with E-state index in [0.717, 1.165) is 12.8 Å². The fourth-order valence-corrected chi connectivity index (χ4v) is 9.55. The Balaban J connectivity index is 1.43. The summed E-state index contributed by atoms with van der Waals surface area (Å²) in [5, 5.41) is 1.50. The molecule has 5 aromatic rings. The van der Waals surface area contributed by atoms with Crippen molar-refractivity contribution in [1.82, 2.24) is 0 Å². The summed E-state index contributed by atoms with van der Waals surface area (Å²) in [7, 11) is 0. The van der Waals surface area contributed by atoms with Gasteiger partial charge in [-0.05, 0) is 97.7 Å². The molecule has 3 aliphatic rings. The highest BCUT2D eigenvalue weighted by Gasteiger charge is 2.41. The van der Waals surface area contributed by atoms with E-state index in [-0.39, 0.29) is 0 Å². The topological polar surface area (TPSA) is 7.76 Å². The van der Waals surface area contributed by atoms with Crippen LogP contribution in [-0.4, -0.2) is 0 Å². The summed E-state index contributed by atoms with van der Waals surface area (Å²) in [4.78, 5) is 1.62. The number of thiophene rings is 1. The van der Waals surface area contributed by atoms with Crippen LogP contribution in [0.3, 0.4) is 0 Å². The fraction of sp³-hybridized carbons (Fsp3) is 0.333. The van der Waals surface area contributed by atoms with Crippen LogP contribution in [0.25, 0.3) is 38.8 Å². The van der Waals surface area contributed by atoms with Gasteiger partial charge in [-0.15, -0.1) is 11.3 Å². The number of fused-ring (bicyclic) bond motifs is 13. The lowest BCUT2D eigenvalue weighted by molar-refractivity contribution is -0.718. The summed E-state index contributed by atoms with van der Waals surface area (Å²) in [5.41, 5.74) is 14.3. The summed E-state index contributed by atoms with van der Waals surface area (Å²) in [6, 6.07) is 21.6. The molecule has 42 heavy (non-hydrogen) atoms. The van der Waals surface area contributed by atoms with Gasteiger partial charge in [0.05, 0.1) is 11.5 Å². The van der Waals surface area contributed by atoms with Crippen molar-refractivity contribution in [3.63, 3.8) is 0 Å². The molecule has 0 N–H and O–H groups in total.